The van der Waals surface area contributed by atoms with E-state index < -0.39 is 8.80 Å². The van der Waals surface area contributed by atoms with Crippen LogP contribution in [0.5, 0.6) is 0 Å². The Hall–Kier alpha value is 0.0969. The summed E-state index contributed by atoms with van der Waals surface area (Å²) in [4.78, 5) is 5.86. The Morgan fingerprint density at radius 2 is 2.00 bits per heavy atom. The van der Waals surface area contributed by atoms with Crippen molar-refractivity contribution in [3.63, 3.8) is 0 Å². The highest BCUT2D eigenvalue weighted by atomic mass is 28.3. The van der Waals surface area contributed by atoms with Gasteiger partial charge in [0.05, 0.1) is 0 Å². The van der Waals surface area contributed by atoms with E-state index in [1.807, 2.05) is 0 Å². The molecule has 1 fully saturated rings. The maximum Gasteiger partial charge on any atom is 0.167 e. The van der Waals surface area contributed by atoms with Gasteiger partial charge in [-0.1, -0.05) is 39.3 Å². The molecule has 0 amide bonds. The number of hydroxylamine groups is 1. The zero-order valence-electron chi connectivity index (χ0n) is 11.1. The third-order valence-electron chi connectivity index (χ3n) is 3.25. The smallest absolute Gasteiger partial charge is 0.167 e. The molecule has 1 heterocycles. The molecule has 0 aromatic heterocycles. The molecule has 0 radical (unpaired) electrons. The minimum atomic E-state index is -0.833. The van der Waals surface area contributed by atoms with Gasteiger partial charge in [-0.25, -0.2) is 0 Å². The third kappa shape index (κ3) is 3.55. The van der Waals surface area contributed by atoms with Crippen molar-refractivity contribution in [1.29, 1.82) is 0 Å². The first-order valence-corrected chi connectivity index (χ1v) is 9.04. The molecule has 2 atom stereocenters. The molecular weight excluding hydrogens is 218 g/mol. The summed E-state index contributed by atoms with van der Waals surface area (Å²) in [5.74, 6) is 0. The highest BCUT2D eigenvalue weighted by Gasteiger charge is 2.50. The molecular formula is C12H27NO2Si. The van der Waals surface area contributed by atoms with Crippen molar-refractivity contribution in [2.24, 2.45) is 0 Å². The molecule has 0 saturated carbocycles. The summed E-state index contributed by atoms with van der Waals surface area (Å²) in [6.07, 6.45) is 4.54. The molecule has 1 N–H and O–H groups in total. The Bertz CT molecular complexity index is 192. The van der Waals surface area contributed by atoms with Crippen LogP contribution in [-0.2, 0) is 9.57 Å². The van der Waals surface area contributed by atoms with Crippen LogP contribution in [0.15, 0.2) is 0 Å². The highest BCUT2D eigenvalue weighted by molar-refractivity contribution is 6.64. The first-order chi connectivity index (χ1) is 7.79. The molecule has 1 aliphatic rings. The quantitative estimate of drug-likeness (QED) is 0.293. The van der Waals surface area contributed by atoms with Gasteiger partial charge in [-0.15, -0.1) is 0 Å². The van der Waals surface area contributed by atoms with Gasteiger partial charge in [0.1, 0.15) is 8.80 Å². The second kappa shape index (κ2) is 7.43. The molecule has 0 aromatic rings. The maximum absolute atomic E-state index is 6.00. The number of rotatable bonds is 9. The fourth-order valence-electron chi connectivity index (χ4n) is 2.20. The van der Waals surface area contributed by atoms with E-state index in [1.54, 1.807) is 0 Å². The third-order valence-corrected chi connectivity index (χ3v) is 7.32. The second-order valence-electron chi connectivity index (χ2n) is 4.68. The molecule has 0 aromatic carbocycles. The SMILES string of the molecule is CCCNOC1(OCCC)CC[SiH]1CCC. The second-order valence-corrected chi connectivity index (χ2v) is 8.11. The molecule has 1 aliphatic heterocycles. The average Bonchev–Trinajstić information content (AvgIpc) is 2.29. The molecule has 1 saturated heterocycles. The van der Waals surface area contributed by atoms with Crippen molar-refractivity contribution in [2.45, 2.75) is 64.0 Å². The van der Waals surface area contributed by atoms with E-state index in [-0.39, 0.29) is 5.41 Å². The molecule has 16 heavy (non-hydrogen) atoms. The van der Waals surface area contributed by atoms with Gasteiger partial charge in [0, 0.05) is 13.2 Å². The van der Waals surface area contributed by atoms with E-state index in [1.165, 1.54) is 18.5 Å². The zero-order chi connectivity index (χ0) is 11.9. The van der Waals surface area contributed by atoms with Crippen LogP contribution in [0.4, 0.5) is 0 Å². The Balaban J connectivity index is 2.41. The average molecular weight is 245 g/mol. The molecule has 2 unspecified atom stereocenters. The van der Waals surface area contributed by atoms with Gasteiger partial charge in [-0.3, -0.25) is 4.84 Å². The van der Waals surface area contributed by atoms with E-state index in [4.69, 9.17) is 9.57 Å². The predicted molar refractivity (Wildman–Crippen MR) is 70.0 cm³/mol. The largest absolute Gasteiger partial charge is 0.352 e. The predicted octanol–water partition coefficient (Wildman–Crippen LogP) is 2.62. The lowest BCUT2D eigenvalue weighted by molar-refractivity contribution is -0.232. The molecule has 0 bridgehead atoms. The fraction of sp³-hybridized carbons (Fsp3) is 1.00. The highest BCUT2D eigenvalue weighted by Crippen LogP contribution is 2.39. The molecule has 1 rings (SSSR count). The van der Waals surface area contributed by atoms with Crippen molar-refractivity contribution in [2.75, 3.05) is 13.2 Å². The first kappa shape index (κ1) is 14.2. The van der Waals surface area contributed by atoms with E-state index >= 15 is 0 Å². The number of hydrogen-bond donors (Lipinski definition) is 1. The van der Waals surface area contributed by atoms with Crippen LogP contribution in [0.1, 0.15) is 46.5 Å². The monoisotopic (exact) mass is 245 g/mol. The van der Waals surface area contributed by atoms with Gasteiger partial charge in [0.25, 0.3) is 0 Å². The van der Waals surface area contributed by atoms with Gasteiger partial charge in [0.15, 0.2) is 5.41 Å². The summed E-state index contributed by atoms with van der Waals surface area (Å²) in [7, 11) is -0.833. The van der Waals surface area contributed by atoms with E-state index in [0.29, 0.717) is 0 Å². The topological polar surface area (TPSA) is 30.5 Å². The lowest BCUT2D eigenvalue weighted by atomic mass is 10.4. The van der Waals surface area contributed by atoms with Crippen LogP contribution in [-0.4, -0.2) is 27.4 Å². The van der Waals surface area contributed by atoms with Crippen molar-refractivity contribution in [3.8, 4) is 0 Å². The Labute approximate surface area is 101 Å². The van der Waals surface area contributed by atoms with Crippen LogP contribution < -0.4 is 5.48 Å². The molecule has 4 heteroatoms. The first-order valence-electron chi connectivity index (χ1n) is 6.83. The lowest BCUT2D eigenvalue weighted by Gasteiger charge is -2.47. The van der Waals surface area contributed by atoms with Gasteiger partial charge < -0.3 is 4.74 Å². The van der Waals surface area contributed by atoms with Crippen LogP contribution in [0.3, 0.4) is 0 Å². The van der Waals surface area contributed by atoms with Crippen LogP contribution in [0.25, 0.3) is 0 Å². The number of nitrogens with one attached hydrogen (secondary N) is 1. The summed E-state index contributed by atoms with van der Waals surface area (Å²) in [5, 5.41) is 0. The van der Waals surface area contributed by atoms with Crippen LogP contribution >= 0.6 is 0 Å². The molecule has 0 aliphatic carbocycles. The fourth-order valence-corrected chi connectivity index (χ4v) is 5.40. The van der Waals surface area contributed by atoms with Crippen molar-refractivity contribution >= 4 is 8.80 Å². The Morgan fingerprint density at radius 1 is 1.19 bits per heavy atom. The Kier molecular flexibility index (Phi) is 6.57. The minimum absolute atomic E-state index is 0.179. The van der Waals surface area contributed by atoms with Crippen molar-refractivity contribution < 1.29 is 9.57 Å². The van der Waals surface area contributed by atoms with Gasteiger partial charge >= 0.3 is 0 Å². The van der Waals surface area contributed by atoms with Gasteiger partial charge in [-0.05, 0) is 19.3 Å². The van der Waals surface area contributed by atoms with E-state index in [9.17, 15) is 0 Å². The minimum Gasteiger partial charge on any atom is -0.352 e. The van der Waals surface area contributed by atoms with E-state index in [0.717, 1.165) is 32.4 Å². The summed E-state index contributed by atoms with van der Waals surface area (Å²) < 4.78 is 6.00. The summed E-state index contributed by atoms with van der Waals surface area (Å²) in [6, 6.07) is 2.73. The lowest BCUT2D eigenvalue weighted by Crippen LogP contribution is -2.60. The van der Waals surface area contributed by atoms with Gasteiger partial charge in [0.2, 0.25) is 0 Å². The van der Waals surface area contributed by atoms with Crippen molar-refractivity contribution in [1.82, 2.24) is 5.48 Å². The summed E-state index contributed by atoms with van der Waals surface area (Å²) in [5.41, 5.74) is 2.91. The zero-order valence-corrected chi connectivity index (χ0v) is 12.2. The molecule has 3 nitrogen and oxygen atoms in total. The standard InChI is InChI=1S/C12H27NO2Si/c1-4-8-13-15-12(14-9-5-2)7-11-16(12)10-6-3/h13,16H,4-11H2,1-3H3. The van der Waals surface area contributed by atoms with Crippen LogP contribution in [0.2, 0.25) is 12.1 Å². The van der Waals surface area contributed by atoms with Gasteiger partial charge in [-0.2, -0.15) is 5.48 Å². The number of hydrogen-bond acceptors (Lipinski definition) is 3. The maximum atomic E-state index is 6.00. The Morgan fingerprint density at radius 3 is 2.50 bits per heavy atom. The van der Waals surface area contributed by atoms with E-state index in [2.05, 4.69) is 26.3 Å². The number of ether oxygens (including phenoxy) is 1. The summed E-state index contributed by atoms with van der Waals surface area (Å²) >= 11 is 0. The normalized spacial score (nSPS) is 29.1. The molecule has 96 valence electrons. The summed E-state index contributed by atoms with van der Waals surface area (Å²) in [6.45, 7) is 8.32. The van der Waals surface area contributed by atoms with Crippen LogP contribution in [0, 0.1) is 0 Å². The molecule has 0 spiro atoms. The van der Waals surface area contributed by atoms with Crippen molar-refractivity contribution in [3.05, 3.63) is 0 Å².